The molecule has 0 amide bonds. The first-order chi connectivity index (χ1) is 14.7. The van der Waals surface area contributed by atoms with E-state index in [9.17, 15) is 18.3 Å². The highest BCUT2D eigenvalue weighted by atomic mass is 32.2. The average Bonchev–Trinajstić information content (AvgIpc) is 3.22. The number of benzene rings is 1. The Labute approximate surface area is 189 Å². The van der Waals surface area contributed by atoms with Gasteiger partial charge in [0.2, 0.25) is 0 Å². The van der Waals surface area contributed by atoms with E-state index in [0.29, 0.717) is 24.4 Å². The first-order valence-corrected chi connectivity index (χ1v) is 13.4. The molecule has 7 nitrogen and oxygen atoms in total. The Kier molecular flexibility index (Phi) is 6.17. The molecule has 0 saturated carbocycles. The monoisotopic (exact) mass is 479 g/mol. The van der Waals surface area contributed by atoms with E-state index >= 15 is 0 Å². The van der Waals surface area contributed by atoms with Crippen LogP contribution in [0.5, 0.6) is 0 Å². The van der Waals surface area contributed by atoms with Gasteiger partial charge in [-0.05, 0) is 50.0 Å². The second kappa shape index (κ2) is 8.57. The zero-order valence-corrected chi connectivity index (χ0v) is 20.0. The topological polar surface area (TPSA) is 101 Å². The Hall–Kier alpha value is -1.88. The normalized spacial score (nSPS) is 16.2. The van der Waals surface area contributed by atoms with Gasteiger partial charge in [0.1, 0.15) is 5.69 Å². The van der Waals surface area contributed by atoms with Crippen molar-refractivity contribution in [1.29, 1.82) is 0 Å². The number of aliphatic hydroxyl groups is 1. The molecule has 0 radical (unpaired) electrons. The first-order valence-electron chi connectivity index (χ1n) is 10.2. The van der Waals surface area contributed by atoms with Crippen LogP contribution in [0.2, 0.25) is 0 Å². The lowest BCUT2D eigenvalue weighted by atomic mass is 10.2. The number of rotatable bonds is 7. The number of fused-ring (bicyclic) bond motifs is 3. The summed E-state index contributed by atoms with van der Waals surface area (Å²) in [7, 11) is -3.90. The minimum Gasteiger partial charge on any atom is -0.387 e. The third-order valence-corrected chi connectivity index (χ3v) is 9.21. The third kappa shape index (κ3) is 4.39. The Morgan fingerprint density at radius 3 is 2.71 bits per heavy atom. The quantitative estimate of drug-likeness (QED) is 0.498. The van der Waals surface area contributed by atoms with Crippen LogP contribution in [0.15, 0.2) is 38.2 Å². The highest BCUT2D eigenvalue weighted by Gasteiger charge is 2.33. The first kappa shape index (κ1) is 22.3. The summed E-state index contributed by atoms with van der Waals surface area (Å²) in [6.07, 6.45) is 1.47. The van der Waals surface area contributed by atoms with E-state index in [2.05, 4.69) is 23.6 Å². The van der Waals surface area contributed by atoms with E-state index in [-0.39, 0.29) is 10.7 Å². The molecule has 166 valence electrons. The van der Waals surface area contributed by atoms with Gasteiger partial charge in [0.15, 0.2) is 5.82 Å². The summed E-state index contributed by atoms with van der Waals surface area (Å²) in [6.45, 7) is 6.16. The molecule has 1 atom stereocenters. The molecule has 1 aromatic rings. The molecule has 0 spiro atoms. The molecule has 3 aliphatic rings. The molecule has 2 aliphatic heterocycles. The Morgan fingerprint density at radius 2 is 2.03 bits per heavy atom. The molecule has 2 N–H and O–H groups in total. The fraction of sp³-hybridized carbons (Fsp3) is 0.429. The number of anilines is 1. The minimum atomic E-state index is -3.90. The fourth-order valence-corrected chi connectivity index (χ4v) is 7.43. The van der Waals surface area contributed by atoms with Gasteiger partial charge in [-0.1, -0.05) is 31.5 Å². The zero-order valence-electron chi connectivity index (χ0n) is 17.6. The van der Waals surface area contributed by atoms with Crippen LogP contribution in [-0.2, 0) is 16.4 Å². The van der Waals surface area contributed by atoms with Crippen LogP contribution in [-0.4, -0.2) is 28.8 Å². The van der Waals surface area contributed by atoms with Gasteiger partial charge >= 0.3 is 5.69 Å². The van der Waals surface area contributed by atoms with Gasteiger partial charge in [-0.3, -0.25) is 9.29 Å². The lowest BCUT2D eigenvalue weighted by Gasteiger charge is -2.16. The highest BCUT2D eigenvalue weighted by Crippen LogP contribution is 2.45. The fourth-order valence-electron chi connectivity index (χ4n) is 3.52. The Bertz CT molecular complexity index is 1230. The third-order valence-electron chi connectivity index (χ3n) is 5.24. The largest absolute Gasteiger partial charge is 0.387 e. The Balaban J connectivity index is 1.80. The van der Waals surface area contributed by atoms with E-state index in [1.807, 2.05) is 6.92 Å². The molecule has 10 heteroatoms. The number of aliphatic hydroxyl groups excluding tert-OH is 1. The zero-order chi connectivity index (χ0) is 22.3. The van der Waals surface area contributed by atoms with Crippen molar-refractivity contribution >= 4 is 38.9 Å². The van der Waals surface area contributed by atoms with E-state index in [1.54, 1.807) is 23.9 Å². The van der Waals surface area contributed by atoms with Crippen LogP contribution in [0.4, 0.5) is 5.82 Å². The number of thioether (sulfide) groups is 1. The standard InChI is InChI=1S/C21H25N3O4S3/c1-12(2)10-11-29-20-17-19(23-31(27,28)14-6-4-13(3)5-7-14)22-21(26)24(17)15-8-9-16(25)18(15)30-20/h4-7,12,16,25H,8-11H2,1-3H3,(H,22,23,26). The lowest BCUT2D eigenvalue weighted by Crippen LogP contribution is -2.18. The van der Waals surface area contributed by atoms with E-state index in [4.69, 9.17) is 0 Å². The summed E-state index contributed by atoms with van der Waals surface area (Å²) < 4.78 is 30.7. The van der Waals surface area contributed by atoms with Crippen LogP contribution in [0.1, 0.15) is 48.9 Å². The molecular formula is C21H25N3O4S3. The number of aromatic nitrogens is 2. The predicted molar refractivity (Wildman–Crippen MR) is 124 cm³/mol. The maximum absolute atomic E-state index is 13.0. The van der Waals surface area contributed by atoms with Gasteiger partial charge in [-0.15, -0.1) is 23.1 Å². The van der Waals surface area contributed by atoms with Crippen LogP contribution in [0.25, 0.3) is 5.69 Å². The van der Waals surface area contributed by atoms with Gasteiger partial charge in [0.05, 0.1) is 20.1 Å². The van der Waals surface area contributed by atoms with Crippen molar-refractivity contribution in [2.24, 2.45) is 5.92 Å². The van der Waals surface area contributed by atoms with Gasteiger partial charge in [-0.25, -0.2) is 13.2 Å². The number of nitrogens with zero attached hydrogens (tertiary/aromatic N) is 2. The summed E-state index contributed by atoms with van der Waals surface area (Å²) in [4.78, 5) is 17.7. The maximum Gasteiger partial charge on any atom is 0.354 e. The maximum atomic E-state index is 13.0. The number of aryl methyl sites for hydroxylation is 1. The number of hydrogen-bond donors (Lipinski definition) is 2. The van der Waals surface area contributed by atoms with Gasteiger partial charge in [0.25, 0.3) is 10.0 Å². The van der Waals surface area contributed by atoms with E-state index in [0.717, 1.165) is 32.5 Å². The molecule has 2 heterocycles. The highest BCUT2D eigenvalue weighted by molar-refractivity contribution is 8.01. The number of sulfonamides is 1. The second-order valence-corrected chi connectivity index (χ2v) is 12.2. The molecule has 0 aromatic heterocycles. The number of imidazole rings is 1. The smallest absolute Gasteiger partial charge is 0.354 e. The van der Waals surface area contributed by atoms with Crippen molar-refractivity contribution in [1.82, 2.24) is 9.55 Å². The molecule has 0 saturated heterocycles. The molecule has 0 fully saturated rings. The van der Waals surface area contributed by atoms with Gasteiger partial charge in [0, 0.05) is 5.69 Å². The van der Waals surface area contributed by atoms with Gasteiger partial charge in [-0.2, -0.15) is 4.98 Å². The summed E-state index contributed by atoms with van der Waals surface area (Å²) in [5.74, 6) is 1.38. The molecule has 1 aromatic carbocycles. The van der Waals surface area contributed by atoms with Crippen molar-refractivity contribution in [2.45, 2.75) is 55.2 Å². The molecule has 31 heavy (non-hydrogen) atoms. The van der Waals surface area contributed by atoms with Crippen molar-refractivity contribution in [3.8, 4) is 5.69 Å². The lowest BCUT2D eigenvalue weighted by molar-refractivity contribution is 0.183. The van der Waals surface area contributed by atoms with Crippen LogP contribution in [0.3, 0.4) is 0 Å². The molecule has 1 unspecified atom stereocenters. The van der Waals surface area contributed by atoms with E-state index in [1.165, 1.54) is 28.0 Å². The molecule has 0 bridgehead atoms. The summed E-state index contributed by atoms with van der Waals surface area (Å²) in [6, 6.07) is 6.51. The minimum absolute atomic E-state index is 0.0399. The SMILES string of the molecule is Cc1ccc(S(=O)(=O)Nc2nc(=O)n3c4c(sc(SCCC(C)C)c2-3)C(O)CC4)cc1. The van der Waals surface area contributed by atoms with E-state index < -0.39 is 21.8 Å². The summed E-state index contributed by atoms with van der Waals surface area (Å²) in [5, 5.41) is 10.4. The Morgan fingerprint density at radius 1 is 1.32 bits per heavy atom. The predicted octanol–water partition coefficient (Wildman–Crippen LogP) is 3.96. The number of hydrogen-bond acceptors (Lipinski definition) is 7. The second-order valence-electron chi connectivity index (χ2n) is 8.13. The summed E-state index contributed by atoms with van der Waals surface area (Å²) in [5.41, 5.74) is 1.62. The van der Waals surface area contributed by atoms with Gasteiger partial charge < -0.3 is 5.11 Å². The van der Waals surface area contributed by atoms with Crippen molar-refractivity contribution in [3.05, 3.63) is 50.9 Å². The van der Waals surface area contributed by atoms with Crippen molar-refractivity contribution in [2.75, 3.05) is 10.5 Å². The molecule has 1 aliphatic carbocycles. The number of nitrogens with one attached hydrogen (secondary N) is 1. The average molecular weight is 480 g/mol. The summed E-state index contributed by atoms with van der Waals surface area (Å²) >= 11 is 3.00. The molecule has 4 rings (SSSR count). The van der Waals surface area contributed by atoms with Crippen LogP contribution < -0.4 is 10.4 Å². The van der Waals surface area contributed by atoms with Crippen LogP contribution in [0, 0.1) is 12.8 Å². The van der Waals surface area contributed by atoms with Crippen LogP contribution >= 0.6 is 23.1 Å². The molecular weight excluding hydrogens is 454 g/mol. The van der Waals surface area contributed by atoms with Crippen molar-refractivity contribution in [3.63, 3.8) is 0 Å². The van der Waals surface area contributed by atoms with Crippen molar-refractivity contribution < 1.29 is 13.5 Å².